The molecule has 0 radical (unpaired) electrons. The second kappa shape index (κ2) is 6.41. The minimum absolute atomic E-state index is 0.154. The molecule has 0 saturated carbocycles. The molecule has 7 heteroatoms. The summed E-state index contributed by atoms with van der Waals surface area (Å²) in [7, 11) is -3.58. The number of primary sulfonamides is 1. The SMILES string of the molecule is CC(C)(C)C(COc1ccc(F)c(Br)c1)CS(N)(=O)=O. The molecule has 114 valence electrons. The quantitative estimate of drug-likeness (QED) is 0.869. The molecule has 0 heterocycles. The number of ether oxygens (including phenoxy) is 1. The molecule has 0 spiro atoms. The van der Waals surface area contributed by atoms with Crippen LogP contribution in [0.1, 0.15) is 20.8 Å². The zero-order valence-corrected chi connectivity index (χ0v) is 14.1. The van der Waals surface area contributed by atoms with E-state index in [1.165, 1.54) is 18.2 Å². The van der Waals surface area contributed by atoms with Crippen molar-refractivity contribution in [2.75, 3.05) is 12.4 Å². The van der Waals surface area contributed by atoms with Crippen LogP contribution in [0, 0.1) is 17.2 Å². The Hall–Kier alpha value is -0.660. The monoisotopic (exact) mass is 367 g/mol. The smallest absolute Gasteiger partial charge is 0.209 e. The van der Waals surface area contributed by atoms with Crippen molar-refractivity contribution in [3.63, 3.8) is 0 Å². The molecule has 0 bridgehead atoms. The Labute approximate surface area is 127 Å². The molecule has 0 aromatic heterocycles. The topological polar surface area (TPSA) is 69.4 Å². The Morgan fingerprint density at radius 2 is 2.00 bits per heavy atom. The van der Waals surface area contributed by atoms with Gasteiger partial charge in [0, 0.05) is 5.92 Å². The van der Waals surface area contributed by atoms with Crippen molar-refractivity contribution in [2.45, 2.75) is 20.8 Å². The molecule has 0 aliphatic carbocycles. The van der Waals surface area contributed by atoms with Crippen molar-refractivity contribution in [3.05, 3.63) is 28.5 Å². The Kier molecular flexibility index (Phi) is 5.57. The van der Waals surface area contributed by atoms with E-state index in [-0.39, 0.29) is 29.5 Å². The minimum Gasteiger partial charge on any atom is -0.493 e. The first-order chi connectivity index (χ1) is 8.99. The second-order valence-electron chi connectivity index (χ2n) is 5.78. The van der Waals surface area contributed by atoms with Crippen molar-refractivity contribution in [1.29, 1.82) is 0 Å². The molecule has 2 N–H and O–H groups in total. The highest BCUT2D eigenvalue weighted by Gasteiger charge is 2.29. The van der Waals surface area contributed by atoms with Gasteiger partial charge >= 0.3 is 0 Å². The summed E-state index contributed by atoms with van der Waals surface area (Å²) in [5.74, 6) is -0.323. The average Bonchev–Trinajstić information content (AvgIpc) is 2.26. The fourth-order valence-corrected chi connectivity index (χ4v) is 3.11. The zero-order chi connectivity index (χ0) is 15.6. The van der Waals surface area contributed by atoms with E-state index in [0.29, 0.717) is 10.2 Å². The molecule has 4 nitrogen and oxygen atoms in total. The maximum absolute atomic E-state index is 13.1. The molecule has 1 aromatic carbocycles. The summed E-state index contributed by atoms with van der Waals surface area (Å²) in [6.07, 6.45) is 0. The van der Waals surface area contributed by atoms with Crippen LogP contribution < -0.4 is 9.88 Å². The van der Waals surface area contributed by atoms with Gasteiger partial charge in [-0.3, -0.25) is 0 Å². The van der Waals surface area contributed by atoms with Gasteiger partial charge in [0.25, 0.3) is 0 Å². The van der Waals surface area contributed by atoms with Gasteiger partial charge in [0.2, 0.25) is 10.0 Å². The first kappa shape index (κ1) is 17.4. The predicted octanol–water partition coefficient (Wildman–Crippen LogP) is 2.92. The van der Waals surface area contributed by atoms with Gasteiger partial charge in [-0.15, -0.1) is 0 Å². The largest absolute Gasteiger partial charge is 0.493 e. The molecular weight excluding hydrogens is 349 g/mol. The minimum atomic E-state index is -3.58. The average molecular weight is 368 g/mol. The summed E-state index contributed by atoms with van der Waals surface area (Å²) in [6.45, 7) is 5.96. The number of rotatable bonds is 5. The highest BCUT2D eigenvalue weighted by atomic mass is 79.9. The number of nitrogens with two attached hydrogens (primary N) is 1. The summed E-state index contributed by atoms with van der Waals surface area (Å²) in [6, 6.07) is 4.29. The Balaban J connectivity index is 2.78. The zero-order valence-electron chi connectivity index (χ0n) is 11.7. The molecule has 1 rings (SSSR count). The van der Waals surface area contributed by atoms with Crippen molar-refractivity contribution < 1.29 is 17.5 Å². The van der Waals surface area contributed by atoms with Gasteiger partial charge in [-0.25, -0.2) is 17.9 Å². The fourth-order valence-electron chi connectivity index (χ4n) is 1.59. The maximum atomic E-state index is 13.1. The van der Waals surface area contributed by atoms with Gasteiger partial charge in [0.1, 0.15) is 11.6 Å². The van der Waals surface area contributed by atoms with Crippen LogP contribution in [0.15, 0.2) is 22.7 Å². The Morgan fingerprint density at radius 3 is 2.45 bits per heavy atom. The standard InChI is InChI=1S/C13H19BrFNO3S/c1-13(2,3)9(8-20(16,17)18)7-19-10-4-5-12(15)11(14)6-10/h4-6,9H,7-8H2,1-3H3,(H2,16,17,18). The lowest BCUT2D eigenvalue weighted by atomic mass is 9.82. The van der Waals surface area contributed by atoms with Gasteiger partial charge < -0.3 is 4.74 Å². The summed E-state index contributed by atoms with van der Waals surface area (Å²) >= 11 is 3.07. The first-order valence-corrected chi connectivity index (χ1v) is 8.58. The second-order valence-corrected chi connectivity index (χ2v) is 8.29. The van der Waals surface area contributed by atoms with Crippen LogP contribution in [-0.4, -0.2) is 20.8 Å². The van der Waals surface area contributed by atoms with Gasteiger partial charge in [-0.2, -0.15) is 0 Å². The van der Waals surface area contributed by atoms with Crippen LogP contribution >= 0.6 is 15.9 Å². The molecule has 0 fully saturated rings. The maximum Gasteiger partial charge on any atom is 0.209 e. The fraction of sp³-hybridized carbons (Fsp3) is 0.538. The number of benzene rings is 1. The van der Waals surface area contributed by atoms with Crippen LogP contribution in [-0.2, 0) is 10.0 Å². The van der Waals surface area contributed by atoms with Gasteiger partial charge in [0.15, 0.2) is 0 Å². The van der Waals surface area contributed by atoms with E-state index in [0.717, 1.165) is 0 Å². The molecule has 0 amide bonds. The molecule has 1 aromatic rings. The van der Waals surface area contributed by atoms with Crippen LogP contribution in [0.5, 0.6) is 5.75 Å². The lowest BCUT2D eigenvalue weighted by Gasteiger charge is -2.29. The summed E-state index contributed by atoms with van der Waals surface area (Å²) in [5, 5.41) is 5.11. The molecular formula is C13H19BrFNO3S. The lowest BCUT2D eigenvalue weighted by molar-refractivity contribution is 0.163. The van der Waals surface area contributed by atoms with E-state index >= 15 is 0 Å². The molecule has 20 heavy (non-hydrogen) atoms. The van der Waals surface area contributed by atoms with Gasteiger partial charge in [-0.05, 0) is 39.5 Å². The number of sulfonamides is 1. The first-order valence-electron chi connectivity index (χ1n) is 6.07. The van der Waals surface area contributed by atoms with Gasteiger partial charge in [-0.1, -0.05) is 20.8 Å². The third-order valence-electron chi connectivity index (χ3n) is 3.00. The van der Waals surface area contributed by atoms with Crippen LogP contribution in [0.4, 0.5) is 4.39 Å². The summed E-state index contributed by atoms with van der Waals surface area (Å²) < 4.78 is 41.5. The number of hydrogen-bond acceptors (Lipinski definition) is 3. The Bertz CT molecular complexity index is 569. The van der Waals surface area contributed by atoms with E-state index in [4.69, 9.17) is 9.88 Å². The molecule has 1 atom stereocenters. The normalized spacial score (nSPS) is 14.1. The van der Waals surface area contributed by atoms with E-state index in [9.17, 15) is 12.8 Å². The van der Waals surface area contributed by atoms with E-state index in [1.54, 1.807) is 0 Å². The number of hydrogen-bond donors (Lipinski definition) is 1. The van der Waals surface area contributed by atoms with E-state index in [2.05, 4.69) is 15.9 Å². The van der Waals surface area contributed by atoms with Crippen molar-refractivity contribution >= 4 is 26.0 Å². The third-order valence-corrected chi connectivity index (χ3v) is 4.48. The van der Waals surface area contributed by atoms with Crippen molar-refractivity contribution in [2.24, 2.45) is 16.5 Å². The van der Waals surface area contributed by atoms with Gasteiger partial charge in [0.05, 0.1) is 16.8 Å². The van der Waals surface area contributed by atoms with Crippen molar-refractivity contribution in [3.8, 4) is 5.75 Å². The van der Waals surface area contributed by atoms with E-state index in [1.807, 2.05) is 20.8 Å². The molecule has 0 aliphatic heterocycles. The lowest BCUT2D eigenvalue weighted by Crippen LogP contribution is -2.35. The highest BCUT2D eigenvalue weighted by Crippen LogP contribution is 2.28. The molecule has 0 aliphatic rings. The van der Waals surface area contributed by atoms with Crippen LogP contribution in [0.2, 0.25) is 0 Å². The predicted molar refractivity (Wildman–Crippen MR) is 80.5 cm³/mol. The van der Waals surface area contributed by atoms with Crippen LogP contribution in [0.3, 0.4) is 0 Å². The van der Waals surface area contributed by atoms with Crippen LogP contribution in [0.25, 0.3) is 0 Å². The number of halogens is 2. The summed E-state index contributed by atoms with van der Waals surface area (Å²) in [4.78, 5) is 0. The summed E-state index contributed by atoms with van der Waals surface area (Å²) in [5.41, 5.74) is -0.274. The van der Waals surface area contributed by atoms with Crippen molar-refractivity contribution in [1.82, 2.24) is 0 Å². The molecule has 1 unspecified atom stereocenters. The molecule has 0 saturated heterocycles. The Morgan fingerprint density at radius 1 is 1.40 bits per heavy atom. The highest BCUT2D eigenvalue weighted by molar-refractivity contribution is 9.10. The third kappa shape index (κ3) is 5.76. The van der Waals surface area contributed by atoms with E-state index < -0.39 is 10.0 Å².